The predicted octanol–water partition coefficient (Wildman–Crippen LogP) is 9.96. The third-order valence-electron chi connectivity index (χ3n) is 11.8. The number of allylic oxidation sites excluding steroid dienone is 1. The molecule has 5 rings (SSSR count). The lowest BCUT2D eigenvalue weighted by atomic mass is 9.47. The van der Waals surface area contributed by atoms with Crippen molar-refractivity contribution in [2.45, 2.75) is 116 Å². The Bertz CT molecular complexity index is 1050. The minimum Gasteiger partial charge on any atom is -0.446 e. The van der Waals surface area contributed by atoms with Crippen LogP contribution in [0.4, 0.5) is 4.79 Å². The van der Waals surface area contributed by atoms with Crippen molar-refractivity contribution in [3.8, 4) is 0 Å². The fourth-order valence-electron chi connectivity index (χ4n) is 9.64. The van der Waals surface area contributed by atoms with Crippen molar-refractivity contribution in [3.63, 3.8) is 0 Å². The zero-order valence-electron chi connectivity index (χ0n) is 26.2. The van der Waals surface area contributed by atoms with Crippen molar-refractivity contribution in [2.75, 3.05) is 12.3 Å². The van der Waals surface area contributed by atoms with Gasteiger partial charge in [0.2, 0.25) is 0 Å². The van der Waals surface area contributed by atoms with Gasteiger partial charge in [0.25, 0.3) is 0 Å². The van der Waals surface area contributed by atoms with Gasteiger partial charge in [0, 0.05) is 24.9 Å². The van der Waals surface area contributed by atoms with Gasteiger partial charge in [-0.05, 0) is 114 Å². The fourth-order valence-corrected chi connectivity index (χ4v) is 11.4. The van der Waals surface area contributed by atoms with E-state index in [1.54, 1.807) is 27.2 Å². The van der Waals surface area contributed by atoms with E-state index in [1.807, 2.05) is 24.4 Å². The molecule has 0 spiro atoms. The number of amides is 1. The minimum atomic E-state index is -0.260. The molecular formula is C35H54N2O2S2. The molecule has 1 amide bonds. The van der Waals surface area contributed by atoms with Crippen LogP contribution in [0.3, 0.4) is 0 Å². The van der Waals surface area contributed by atoms with Crippen LogP contribution in [0.15, 0.2) is 41.1 Å². The molecule has 1 aromatic rings. The Morgan fingerprint density at radius 2 is 1.95 bits per heavy atom. The molecule has 4 nitrogen and oxygen atoms in total. The van der Waals surface area contributed by atoms with E-state index in [4.69, 9.17) is 4.74 Å². The van der Waals surface area contributed by atoms with Gasteiger partial charge in [-0.1, -0.05) is 82.4 Å². The normalized spacial score (nSPS) is 35.2. The van der Waals surface area contributed by atoms with Crippen LogP contribution < -0.4 is 5.32 Å². The van der Waals surface area contributed by atoms with Crippen molar-refractivity contribution in [2.24, 2.45) is 46.3 Å². The van der Waals surface area contributed by atoms with E-state index in [2.05, 4.69) is 51.0 Å². The molecule has 41 heavy (non-hydrogen) atoms. The molecule has 6 heteroatoms. The van der Waals surface area contributed by atoms with Crippen molar-refractivity contribution < 1.29 is 9.53 Å². The summed E-state index contributed by atoms with van der Waals surface area (Å²) in [6.45, 7) is 13.2. The number of pyridine rings is 1. The summed E-state index contributed by atoms with van der Waals surface area (Å²) >= 11 is 0. The van der Waals surface area contributed by atoms with Crippen LogP contribution in [0.2, 0.25) is 0 Å². The fraction of sp³-hybridized carbons (Fsp3) is 0.771. The number of carbonyl (C=O) groups excluding carboxylic acids is 1. The van der Waals surface area contributed by atoms with Crippen LogP contribution in [-0.2, 0) is 4.74 Å². The van der Waals surface area contributed by atoms with Gasteiger partial charge in [0.1, 0.15) is 11.1 Å². The molecule has 1 N–H and O–H groups in total. The number of nitrogens with one attached hydrogen (secondary N) is 1. The second-order valence-corrected chi connectivity index (χ2v) is 17.0. The van der Waals surface area contributed by atoms with Gasteiger partial charge < -0.3 is 10.1 Å². The summed E-state index contributed by atoms with van der Waals surface area (Å²) in [7, 11) is 3.35. The Balaban J connectivity index is 1.11. The molecule has 0 saturated heterocycles. The van der Waals surface area contributed by atoms with Crippen LogP contribution in [0, 0.1) is 46.3 Å². The van der Waals surface area contributed by atoms with E-state index in [1.165, 1.54) is 51.4 Å². The summed E-state index contributed by atoms with van der Waals surface area (Å²) in [5.74, 6) is 5.97. The van der Waals surface area contributed by atoms with Gasteiger partial charge in [0.15, 0.2) is 0 Å². The highest BCUT2D eigenvalue weighted by Gasteiger charge is 2.59. The Hall–Kier alpha value is -1.14. The number of ether oxygens (including phenoxy) is 1. The largest absolute Gasteiger partial charge is 0.446 e. The second kappa shape index (κ2) is 13.7. The molecule has 0 aromatic carbocycles. The monoisotopic (exact) mass is 598 g/mol. The maximum atomic E-state index is 12.6. The van der Waals surface area contributed by atoms with E-state index >= 15 is 0 Å². The lowest BCUT2D eigenvalue weighted by Gasteiger charge is -2.58. The number of hydrogen-bond acceptors (Lipinski definition) is 5. The lowest BCUT2D eigenvalue weighted by molar-refractivity contribution is -0.0581. The maximum Gasteiger partial charge on any atom is 0.407 e. The third-order valence-corrected chi connectivity index (χ3v) is 14.0. The molecule has 3 saturated carbocycles. The standard InChI is InChI=1S/C35H54N2O2S2/c1-24(2)9-8-10-25(3)29-14-15-30-28-13-12-26-23-27(16-18-34(26,4)31(28)17-19-35(29,30)5)39-33(38)37-21-22-40-41-32-11-6-7-20-36-32/h6-7,11-12,20,24-25,27-31H,8-10,13-19,21-23H2,1-5H3,(H,37,38)/t25-,27+,28+,29-,30+,31+,34+,35-/m1/s1. The van der Waals surface area contributed by atoms with Crippen molar-refractivity contribution >= 4 is 27.7 Å². The SMILES string of the molecule is CC(C)CCC[C@@H](C)[C@H]1CC[C@H]2[C@@H]3CC=C4C[C@@H](OC(=O)NCCSSc5ccccn5)CC[C@]4(C)[C@H]3CC[C@]12C. The van der Waals surface area contributed by atoms with E-state index in [0.29, 0.717) is 17.4 Å². The lowest BCUT2D eigenvalue weighted by Crippen LogP contribution is -2.51. The zero-order chi connectivity index (χ0) is 29.0. The number of hydrogen-bond donors (Lipinski definition) is 1. The first-order valence-electron chi connectivity index (χ1n) is 16.5. The smallest absolute Gasteiger partial charge is 0.407 e. The van der Waals surface area contributed by atoms with Crippen LogP contribution in [-0.4, -0.2) is 29.5 Å². The van der Waals surface area contributed by atoms with Gasteiger partial charge in [-0.3, -0.25) is 0 Å². The van der Waals surface area contributed by atoms with Gasteiger partial charge in [-0.25, -0.2) is 9.78 Å². The minimum absolute atomic E-state index is 0.0119. The van der Waals surface area contributed by atoms with E-state index in [-0.39, 0.29) is 12.2 Å². The molecule has 3 fully saturated rings. The highest BCUT2D eigenvalue weighted by molar-refractivity contribution is 8.76. The molecule has 0 radical (unpaired) electrons. The number of rotatable bonds is 11. The molecule has 1 heterocycles. The molecule has 4 aliphatic rings. The first-order chi connectivity index (χ1) is 19.7. The topological polar surface area (TPSA) is 51.2 Å². The Morgan fingerprint density at radius 1 is 1.10 bits per heavy atom. The van der Waals surface area contributed by atoms with Crippen molar-refractivity contribution in [1.82, 2.24) is 10.3 Å². The molecule has 8 atom stereocenters. The van der Waals surface area contributed by atoms with Crippen LogP contribution in [0.25, 0.3) is 0 Å². The number of nitrogens with zero attached hydrogens (tertiary/aromatic N) is 1. The van der Waals surface area contributed by atoms with E-state index in [0.717, 1.165) is 65.5 Å². The van der Waals surface area contributed by atoms with E-state index in [9.17, 15) is 4.79 Å². The number of fused-ring (bicyclic) bond motifs is 5. The Kier molecular flexibility index (Phi) is 10.4. The zero-order valence-corrected chi connectivity index (χ0v) is 27.8. The molecule has 0 unspecified atom stereocenters. The van der Waals surface area contributed by atoms with Gasteiger partial charge in [-0.15, -0.1) is 0 Å². The predicted molar refractivity (Wildman–Crippen MR) is 174 cm³/mol. The summed E-state index contributed by atoms with van der Waals surface area (Å²) in [4.78, 5) is 16.9. The highest BCUT2D eigenvalue weighted by Crippen LogP contribution is 2.67. The third kappa shape index (κ3) is 7.00. The molecule has 0 aliphatic heterocycles. The quantitative estimate of drug-likeness (QED) is 0.156. The van der Waals surface area contributed by atoms with Crippen LogP contribution >= 0.6 is 21.6 Å². The molecule has 228 valence electrons. The van der Waals surface area contributed by atoms with Crippen LogP contribution in [0.1, 0.15) is 105 Å². The maximum absolute atomic E-state index is 12.6. The molecular weight excluding hydrogens is 545 g/mol. The summed E-state index contributed by atoms with van der Waals surface area (Å²) in [5.41, 5.74) is 2.42. The Morgan fingerprint density at radius 3 is 2.73 bits per heavy atom. The van der Waals surface area contributed by atoms with Crippen molar-refractivity contribution in [1.29, 1.82) is 0 Å². The summed E-state index contributed by atoms with van der Waals surface area (Å²) in [6.07, 6.45) is 18.4. The average Bonchev–Trinajstić information content (AvgIpc) is 3.31. The van der Waals surface area contributed by atoms with Gasteiger partial charge in [-0.2, -0.15) is 0 Å². The number of carbonyl (C=O) groups is 1. The van der Waals surface area contributed by atoms with Crippen LogP contribution in [0.5, 0.6) is 0 Å². The summed E-state index contributed by atoms with van der Waals surface area (Å²) < 4.78 is 5.94. The summed E-state index contributed by atoms with van der Waals surface area (Å²) in [6, 6.07) is 5.92. The van der Waals surface area contributed by atoms with E-state index < -0.39 is 0 Å². The average molecular weight is 599 g/mol. The molecule has 4 aliphatic carbocycles. The van der Waals surface area contributed by atoms with Gasteiger partial charge >= 0.3 is 6.09 Å². The Labute approximate surface area is 257 Å². The molecule has 0 bridgehead atoms. The second-order valence-electron chi connectivity index (χ2n) is 14.6. The number of alkyl carbamates (subject to hydrolysis) is 1. The first kappa shape index (κ1) is 31.3. The summed E-state index contributed by atoms with van der Waals surface area (Å²) in [5, 5.41) is 3.96. The van der Waals surface area contributed by atoms with Crippen molar-refractivity contribution in [3.05, 3.63) is 36.0 Å². The highest BCUT2D eigenvalue weighted by atomic mass is 33.1. The molecule has 1 aromatic heterocycles. The van der Waals surface area contributed by atoms with Gasteiger partial charge in [0.05, 0.1) is 0 Å². The first-order valence-corrected chi connectivity index (χ1v) is 18.9. The number of aromatic nitrogens is 1.